The number of carbonyl (C=O) groups is 2. The highest BCUT2D eigenvalue weighted by Gasteiger charge is 2.39. The summed E-state index contributed by atoms with van der Waals surface area (Å²) in [4.78, 5) is 29.8. The minimum Gasteiger partial charge on any atom is -0.281 e. The molecule has 0 aromatic heterocycles. The number of hydrogen-bond donors (Lipinski definition) is 0. The molecule has 1 heterocycles. The average Bonchev–Trinajstić information content (AvgIpc) is 3.16. The van der Waals surface area contributed by atoms with Crippen LogP contribution in [0.5, 0.6) is 0 Å². The van der Waals surface area contributed by atoms with Gasteiger partial charge in [-0.3, -0.25) is 19.3 Å². The molecule has 3 atom stereocenters. The summed E-state index contributed by atoms with van der Waals surface area (Å²) >= 11 is 0. The van der Waals surface area contributed by atoms with Gasteiger partial charge in [0.25, 0.3) is 0 Å². The highest BCUT2D eigenvalue weighted by molar-refractivity contribution is 5.92. The summed E-state index contributed by atoms with van der Waals surface area (Å²) in [5, 5.41) is 1.86. The van der Waals surface area contributed by atoms with E-state index in [1.165, 1.54) is 24.3 Å². The van der Waals surface area contributed by atoms with Crippen LogP contribution in [0.1, 0.15) is 32.8 Å². The molecule has 1 aromatic rings. The third-order valence-electron chi connectivity index (χ3n) is 3.71. The molecule has 1 aromatic carbocycles. The first-order valence-corrected chi connectivity index (χ1v) is 7.26. The van der Waals surface area contributed by atoms with Gasteiger partial charge in [-0.25, -0.2) is 0 Å². The van der Waals surface area contributed by atoms with Gasteiger partial charge in [-0.1, -0.05) is 30.3 Å². The van der Waals surface area contributed by atoms with Gasteiger partial charge in [0, 0.05) is 20.4 Å². The maximum Gasteiger partial charge on any atom is 0.226 e. The van der Waals surface area contributed by atoms with Crippen molar-refractivity contribution >= 4 is 11.8 Å². The lowest BCUT2D eigenvalue weighted by atomic mass is 10.0. The second-order valence-electron chi connectivity index (χ2n) is 5.39. The van der Waals surface area contributed by atoms with Crippen molar-refractivity contribution in [2.45, 2.75) is 45.9 Å². The van der Waals surface area contributed by atoms with Crippen molar-refractivity contribution in [3.8, 4) is 0 Å². The van der Waals surface area contributed by atoms with E-state index < -0.39 is 0 Å². The summed E-state index contributed by atoms with van der Waals surface area (Å²) in [6.07, 6.45) is 1.79. The van der Waals surface area contributed by atoms with E-state index in [9.17, 15) is 9.59 Å². The van der Waals surface area contributed by atoms with Crippen LogP contribution in [0, 0.1) is 0 Å². The Morgan fingerprint density at radius 2 is 1.81 bits per heavy atom. The van der Waals surface area contributed by atoms with Crippen LogP contribution in [0.2, 0.25) is 0 Å². The largest absolute Gasteiger partial charge is 0.281 e. The van der Waals surface area contributed by atoms with Gasteiger partial charge in [0.1, 0.15) is 0 Å². The maximum absolute atomic E-state index is 11.6. The van der Waals surface area contributed by atoms with Crippen LogP contribution < -0.4 is 0 Å². The third-order valence-corrected chi connectivity index (χ3v) is 3.71. The third kappa shape index (κ3) is 4.37. The first-order valence-electron chi connectivity index (χ1n) is 7.26. The molecule has 0 radical (unpaired) electrons. The Hall–Kier alpha value is -1.72. The quantitative estimate of drug-likeness (QED) is 0.752. The average molecular weight is 290 g/mol. The fraction of sp³-hybridized carbons (Fsp3) is 0.500. The van der Waals surface area contributed by atoms with Crippen LogP contribution in [0.3, 0.4) is 0 Å². The molecule has 0 N–H and O–H groups in total. The Morgan fingerprint density at radius 1 is 1.24 bits per heavy atom. The van der Waals surface area contributed by atoms with Gasteiger partial charge in [-0.05, 0) is 25.3 Å². The summed E-state index contributed by atoms with van der Waals surface area (Å²) in [5.74, 6) is -0.441. The zero-order valence-electron chi connectivity index (χ0n) is 12.8. The number of nitrogens with zero attached hydrogens (tertiary/aromatic N) is 2. The number of amides is 2. The summed E-state index contributed by atoms with van der Waals surface area (Å²) in [6.45, 7) is 5.17. The number of aryl methyl sites for hydroxylation is 1. The lowest BCUT2D eigenvalue weighted by molar-refractivity contribution is -0.143. The monoisotopic (exact) mass is 290 g/mol. The summed E-state index contributed by atoms with van der Waals surface area (Å²) in [5.41, 5.74) is 1.24. The van der Waals surface area contributed by atoms with Crippen LogP contribution in [-0.4, -0.2) is 40.6 Å². The molecule has 0 bridgehead atoms. The van der Waals surface area contributed by atoms with Gasteiger partial charge < -0.3 is 0 Å². The summed E-state index contributed by atoms with van der Waals surface area (Å²) in [6, 6.07) is 10.2. The summed E-state index contributed by atoms with van der Waals surface area (Å²) < 4.78 is 0. The van der Waals surface area contributed by atoms with Crippen LogP contribution >= 0.6 is 0 Å². The zero-order chi connectivity index (χ0) is 15.4. The van der Waals surface area contributed by atoms with E-state index in [4.69, 9.17) is 4.84 Å². The van der Waals surface area contributed by atoms with Crippen molar-refractivity contribution in [3.05, 3.63) is 35.9 Å². The van der Waals surface area contributed by atoms with Crippen LogP contribution in [0.15, 0.2) is 30.3 Å². The predicted octanol–water partition coefficient (Wildman–Crippen LogP) is 1.98. The van der Waals surface area contributed by atoms with Crippen molar-refractivity contribution in [2.75, 3.05) is 6.54 Å². The Balaban J connectivity index is 1.98. The Morgan fingerprint density at radius 3 is 2.29 bits per heavy atom. The maximum atomic E-state index is 11.6. The molecular weight excluding hydrogens is 268 g/mol. The van der Waals surface area contributed by atoms with E-state index in [-0.39, 0.29) is 24.1 Å². The Labute approximate surface area is 125 Å². The van der Waals surface area contributed by atoms with E-state index in [2.05, 4.69) is 12.1 Å². The van der Waals surface area contributed by atoms with Gasteiger partial charge in [0.2, 0.25) is 11.8 Å². The molecule has 1 aliphatic heterocycles. The highest BCUT2D eigenvalue weighted by atomic mass is 16.8. The lowest BCUT2D eigenvalue weighted by Gasteiger charge is -2.24. The van der Waals surface area contributed by atoms with Crippen molar-refractivity contribution in [1.29, 1.82) is 0 Å². The molecule has 2 amide bonds. The van der Waals surface area contributed by atoms with E-state index in [0.717, 1.165) is 12.8 Å². The van der Waals surface area contributed by atoms with E-state index in [1.54, 1.807) is 0 Å². The van der Waals surface area contributed by atoms with Crippen molar-refractivity contribution in [3.63, 3.8) is 0 Å². The number of hydrogen-bond acceptors (Lipinski definition) is 4. The normalized spacial score (nSPS) is 21.7. The lowest BCUT2D eigenvalue weighted by Crippen LogP contribution is -2.42. The van der Waals surface area contributed by atoms with Gasteiger partial charge in [-0.15, -0.1) is 0 Å². The molecule has 1 fully saturated rings. The fourth-order valence-corrected chi connectivity index (χ4v) is 2.50. The van der Waals surface area contributed by atoms with Crippen LogP contribution in [0.25, 0.3) is 0 Å². The number of hydroxylamine groups is 2. The molecule has 1 saturated heterocycles. The number of carbonyl (C=O) groups excluding carboxylic acids is 2. The number of imide groups is 1. The van der Waals surface area contributed by atoms with Crippen LogP contribution in [0.4, 0.5) is 0 Å². The predicted molar refractivity (Wildman–Crippen MR) is 79.0 cm³/mol. The minimum atomic E-state index is -0.221. The molecule has 1 aliphatic rings. The highest BCUT2D eigenvalue weighted by Crippen LogP contribution is 2.26. The van der Waals surface area contributed by atoms with E-state index in [1.807, 2.05) is 30.2 Å². The zero-order valence-corrected chi connectivity index (χ0v) is 12.8. The molecular formula is C16H22N2O3. The molecule has 0 spiro atoms. The molecule has 3 unspecified atom stereocenters. The summed E-state index contributed by atoms with van der Waals surface area (Å²) in [7, 11) is 0. The molecule has 0 aliphatic carbocycles. The molecule has 21 heavy (non-hydrogen) atoms. The van der Waals surface area contributed by atoms with E-state index >= 15 is 0 Å². The second-order valence-corrected chi connectivity index (χ2v) is 5.39. The smallest absolute Gasteiger partial charge is 0.226 e. The standard InChI is InChI=1S/C16H22N2O3/c1-12(19)17(13(2)20)11-16(18-14(3)21-18)10-9-15-7-5-4-6-8-15/h4-8,14,16H,9-11H2,1-3H3. The molecule has 114 valence electrons. The molecule has 5 heteroatoms. The topological polar surface area (TPSA) is 52.9 Å². The number of benzene rings is 1. The van der Waals surface area contributed by atoms with Crippen molar-refractivity contribution in [2.24, 2.45) is 0 Å². The van der Waals surface area contributed by atoms with Crippen molar-refractivity contribution in [1.82, 2.24) is 9.96 Å². The number of rotatable bonds is 6. The van der Waals surface area contributed by atoms with E-state index in [0.29, 0.717) is 6.54 Å². The van der Waals surface area contributed by atoms with Gasteiger partial charge in [0.05, 0.1) is 6.04 Å². The Kier molecular flexibility index (Phi) is 5.09. The van der Waals surface area contributed by atoms with Crippen molar-refractivity contribution < 1.29 is 14.4 Å². The molecule has 2 rings (SSSR count). The fourth-order valence-electron chi connectivity index (χ4n) is 2.50. The van der Waals surface area contributed by atoms with Gasteiger partial charge in [0.15, 0.2) is 6.23 Å². The molecule has 5 nitrogen and oxygen atoms in total. The first kappa shape index (κ1) is 15.7. The minimum absolute atomic E-state index is 0.0352. The Bertz CT molecular complexity index is 490. The first-order chi connectivity index (χ1) is 9.99. The van der Waals surface area contributed by atoms with Gasteiger partial charge >= 0.3 is 0 Å². The SMILES string of the molecule is CC(=O)N(CC(CCc1ccccc1)N1OC1C)C(C)=O. The second kappa shape index (κ2) is 6.83. The van der Waals surface area contributed by atoms with Crippen LogP contribution in [-0.2, 0) is 20.8 Å². The van der Waals surface area contributed by atoms with Gasteiger partial charge in [-0.2, -0.15) is 5.06 Å². The molecule has 0 saturated carbocycles.